The van der Waals surface area contributed by atoms with E-state index in [0.717, 1.165) is 5.56 Å². The second-order valence-electron chi connectivity index (χ2n) is 21.1. The Kier molecular flexibility index (Phi) is 23.8. The number of esters is 5. The Morgan fingerprint density at radius 3 is 1.11 bits per heavy atom. The van der Waals surface area contributed by atoms with E-state index in [1.165, 1.54) is 56.9 Å². The Balaban J connectivity index is 1.25. The number of hydrogen-bond acceptors (Lipinski definition) is 19. The highest BCUT2D eigenvalue weighted by molar-refractivity contribution is 5.93. The van der Waals surface area contributed by atoms with Crippen LogP contribution in [0.1, 0.15) is 119 Å². The van der Waals surface area contributed by atoms with Gasteiger partial charge in [0.15, 0.2) is 6.79 Å². The van der Waals surface area contributed by atoms with E-state index in [0.29, 0.717) is 119 Å². The summed E-state index contributed by atoms with van der Waals surface area (Å²) >= 11 is 0. The monoisotopic (exact) mass is 1250 g/mol. The molecule has 0 bridgehead atoms. The number of hydrogen-bond donors (Lipinski definition) is 0. The van der Waals surface area contributed by atoms with Crippen molar-refractivity contribution in [2.24, 2.45) is 0 Å². The maximum absolute atomic E-state index is 13.9. The number of rotatable bonds is 30. The lowest BCUT2D eigenvalue weighted by molar-refractivity contribution is -0.00886. The van der Waals surface area contributed by atoms with Crippen molar-refractivity contribution < 1.29 is 90.3 Å². The average Bonchev–Trinajstić information content (AvgIpc) is 0.838. The maximum Gasteiger partial charge on any atom is 0.343 e. The topological polar surface area (TPSA) is 215 Å². The van der Waals surface area contributed by atoms with Crippen LogP contribution in [0.4, 0.5) is 0 Å². The molecule has 0 N–H and O–H groups in total. The van der Waals surface area contributed by atoms with Crippen molar-refractivity contribution in [3.05, 3.63) is 234 Å². The van der Waals surface area contributed by atoms with Gasteiger partial charge in [-0.2, -0.15) is 0 Å². The van der Waals surface area contributed by atoms with E-state index in [-0.39, 0.29) is 74.6 Å². The average molecular weight is 1260 g/mol. The first-order valence-corrected chi connectivity index (χ1v) is 29.2. The van der Waals surface area contributed by atoms with E-state index in [9.17, 15) is 24.0 Å². The van der Waals surface area contributed by atoms with Crippen LogP contribution >= 0.6 is 0 Å². The van der Waals surface area contributed by atoms with Gasteiger partial charge >= 0.3 is 29.8 Å². The van der Waals surface area contributed by atoms with Crippen molar-refractivity contribution in [2.45, 2.75) is 45.6 Å². The number of carbonyl (C=O) groups excluding carboxylic acids is 5. The van der Waals surface area contributed by atoms with Crippen LogP contribution < -0.4 is 37.9 Å². The quantitative estimate of drug-likeness (QED) is 0.0134. The third-order valence-electron chi connectivity index (χ3n) is 15.1. The summed E-state index contributed by atoms with van der Waals surface area (Å²) in [4.78, 5) is 67.3. The van der Waals surface area contributed by atoms with E-state index in [4.69, 9.17) is 66.3 Å². The first-order valence-electron chi connectivity index (χ1n) is 29.2. The molecular formula is C73H74O19. The molecule has 8 rings (SSSR count). The van der Waals surface area contributed by atoms with Crippen molar-refractivity contribution in [1.29, 1.82) is 0 Å². The van der Waals surface area contributed by atoms with Crippen molar-refractivity contribution in [1.82, 2.24) is 0 Å². The lowest BCUT2D eigenvalue weighted by Crippen LogP contribution is -2.11. The van der Waals surface area contributed by atoms with Crippen molar-refractivity contribution >= 4 is 29.8 Å². The zero-order valence-electron chi connectivity index (χ0n) is 53.4. The molecule has 0 saturated carbocycles. The number of benzene rings is 8. The molecule has 92 heavy (non-hydrogen) atoms. The van der Waals surface area contributed by atoms with Gasteiger partial charge < -0.3 is 66.3 Å². The fourth-order valence-corrected chi connectivity index (χ4v) is 11.1. The largest absolute Gasteiger partial charge is 0.496 e. The van der Waals surface area contributed by atoms with E-state index >= 15 is 0 Å². The molecule has 0 heterocycles. The van der Waals surface area contributed by atoms with Gasteiger partial charge in [-0.25, -0.2) is 24.0 Å². The van der Waals surface area contributed by atoms with Crippen LogP contribution in [0, 0.1) is 6.92 Å². The van der Waals surface area contributed by atoms with E-state index < -0.39 is 29.8 Å². The summed E-state index contributed by atoms with van der Waals surface area (Å²) in [5, 5.41) is 0. The van der Waals surface area contributed by atoms with Crippen molar-refractivity contribution in [2.75, 3.05) is 91.1 Å². The second-order valence-corrected chi connectivity index (χ2v) is 21.1. The molecule has 0 unspecified atom stereocenters. The van der Waals surface area contributed by atoms with Gasteiger partial charge in [-0.3, -0.25) is 0 Å². The minimum absolute atomic E-state index is 0.0219. The van der Waals surface area contributed by atoms with Crippen LogP contribution in [0.2, 0.25) is 0 Å². The predicted octanol–water partition coefficient (Wildman–Crippen LogP) is 11.9. The molecule has 19 heteroatoms. The number of aryl methyl sites for hydroxylation is 1. The number of ether oxygens (including phenoxy) is 14. The molecule has 0 aromatic heterocycles. The highest BCUT2D eigenvalue weighted by Crippen LogP contribution is 2.42. The lowest BCUT2D eigenvalue weighted by Gasteiger charge is -2.22. The zero-order chi connectivity index (χ0) is 65.8. The SMILES string of the molecule is COCCOCOc1ccc(OC(=O)c2ccccc2)cc1Cc1cc(OCc2ccccc2)cc(Cc2cc(C(=O)OC)cc(Cc3cc(C(=O)OC)cc(Cc4cc(C(=O)OC)cc(Cc5cc(C(=O)OC)cc(C)c5OC)c4OC)c3OC)c2OC)c1OC. The molecule has 0 fully saturated rings. The van der Waals surface area contributed by atoms with Gasteiger partial charge in [-0.1, -0.05) is 48.5 Å². The molecule has 480 valence electrons. The van der Waals surface area contributed by atoms with Gasteiger partial charge in [0.1, 0.15) is 52.6 Å². The summed E-state index contributed by atoms with van der Waals surface area (Å²) in [7, 11) is 14.3. The summed E-state index contributed by atoms with van der Waals surface area (Å²) in [6.07, 6.45) is 0.474. The summed E-state index contributed by atoms with van der Waals surface area (Å²) in [6.45, 7) is 2.57. The van der Waals surface area contributed by atoms with Crippen molar-refractivity contribution in [3.63, 3.8) is 0 Å². The molecule has 0 atom stereocenters. The van der Waals surface area contributed by atoms with E-state index in [1.807, 2.05) is 55.5 Å². The summed E-state index contributed by atoms with van der Waals surface area (Å²) in [5.74, 6) is 0.332. The number of methoxy groups -OCH3 is 10. The van der Waals surface area contributed by atoms with Gasteiger partial charge in [-0.15, -0.1) is 0 Å². The van der Waals surface area contributed by atoms with Crippen LogP contribution in [0.15, 0.2) is 140 Å². The minimum Gasteiger partial charge on any atom is -0.496 e. The highest BCUT2D eigenvalue weighted by atomic mass is 16.7. The molecule has 8 aromatic carbocycles. The van der Waals surface area contributed by atoms with Crippen LogP contribution in [-0.4, -0.2) is 121 Å². The zero-order valence-corrected chi connectivity index (χ0v) is 53.4. The highest BCUT2D eigenvalue weighted by Gasteiger charge is 2.27. The first kappa shape index (κ1) is 67.6. The van der Waals surface area contributed by atoms with Gasteiger partial charge in [0, 0.05) is 55.9 Å². The van der Waals surface area contributed by atoms with E-state index in [2.05, 4.69) is 0 Å². The molecular weight excluding hydrogens is 1180 g/mol. The van der Waals surface area contributed by atoms with Crippen LogP contribution in [-0.2, 0) is 67.1 Å². The van der Waals surface area contributed by atoms with Crippen LogP contribution in [0.5, 0.6) is 46.0 Å². The molecule has 0 spiro atoms. The third-order valence-corrected chi connectivity index (χ3v) is 15.1. The van der Waals surface area contributed by atoms with Gasteiger partial charge in [0.05, 0.1) is 105 Å². The standard InChI is InChI=1S/C73H74O19/c1-44-26-57(69(74)85-8)32-48(64(44)80-3)28-49-33-58(70(75)86-9)34-50(65(49)81-4)29-51-35-59(71(76)87-10)36-52(66(51)82-5)30-53-37-60(72(77)88-11)38-54(67(53)83-6)31-56-41-62(90-42-45-18-14-12-15-19-45)40-55(68(56)84-7)27-47-39-61(92-73(78)46-20-16-13-17-21-46)22-23-63(47)91-43-89-25-24-79-2/h12-23,26,32-41H,24-25,27-31,42-43H2,1-11H3. The van der Waals surface area contributed by atoms with Gasteiger partial charge in [0.2, 0.25) is 0 Å². The Morgan fingerprint density at radius 1 is 0.337 bits per heavy atom. The fraction of sp³-hybridized carbons (Fsp3) is 0.274. The molecule has 0 saturated heterocycles. The van der Waals surface area contributed by atoms with Gasteiger partial charge in [-0.05, 0) is 148 Å². The molecule has 0 radical (unpaired) electrons. The first-order chi connectivity index (χ1) is 44.6. The van der Waals surface area contributed by atoms with Crippen molar-refractivity contribution in [3.8, 4) is 46.0 Å². The number of carbonyl (C=O) groups is 5. The molecule has 0 aliphatic rings. The smallest absolute Gasteiger partial charge is 0.343 e. The molecule has 0 aliphatic heterocycles. The normalized spacial score (nSPS) is 10.8. The van der Waals surface area contributed by atoms with Crippen LogP contribution in [0.25, 0.3) is 0 Å². The molecule has 0 amide bonds. The van der Waals surface area contributed by atoms with E-state index in [1.54, 1.807) is 105 Å². The van der Waals surface area contributed by atoms with Crippen LogP contribution in [0.3, 0.4) is 0 Å². The van der Waals surface area contributed by atoms with Gasteiger partial charge in [0.25, 0.3) is 0 Å². The fourth-order valence-electron chi connectivity index (χ4n) is 11.1. The molecule has 19 nitrogen and oxygen atoms in total. The second kappa shape index (κ2) is 32.4. The minimum atomic E-state index is -0.652. The summed E-state index contributed by atoms with van der Waals surface area (Å²) < 4.78 is 81.5. The third kappa shape index (κ3) is 16.5. The summed E-state index contributed by atoms with van der Waals surface area (Å²) in [5.41, 5.74) is 8.48. The lowest BCUT2D eigenvalue weighted by atomic mass is 9.89. The predicted molar refractivity (Wildman–Crippen MR) is 341 cm³/mol. The molecule has 0 aliphatic carbocycles. The molecule has 8 aromatic rings. The Labute approximate surface area is 534 Å². The maximum atomic E-state index is 13.9. The Hall–Kier alpha value is -10.4. The summed E-state index contributed by atoms with van der Waals surface area (Å²) in [6, 6.07) is 40.5. The Bertz CT molecular complexity index is 3930. The Morgan fingerprint density at radius 2 is 0.707 bits per heavy atom.